The van der Waals surface area contributed by atoms with Crippen LogP contribution < -0.4 is 0 Å². The van der Waals surface area contributed by atoms with Crippen LogP contribution in [0.4, 0.5) is 0 Å². The van der Waals surface area contributed by atoms with E-state index in [0.717, 1.165) is 57.8 Å². The van der Waals surface area contributed by atoms with E-state index in [1.54, 1.807) is 0 Å². The minimum Gasteiger partial charge on any atom is -0.435 e. The fourth-order valence-electron chi connectivity index (χ4n) is 16.5. The third kappa shape index (κ3) is 7.68. The van der Waals surface area contributed by atoms with Crippen molar-refractivity contribution in [2.75, 3.05) is 0 Å². The van der Waals surface area contributed by atoms with Gasteiger partial charge >= 0.3 is 17.9 Å². The summed E-state index contributed by atoms with van der Waals surface area (Å²) < 4.78 is 57.5. The molecule has 398 valence electrons. The van der Waals surface area contributed by atoms with Gasteiger partial charge in [0, 0.05) is 54.8 Å². The number of esters is 3. The Morgan fingerprint density at radius 2 is 0.718 bits per heavy atom. The van der Waals surface area contributed by atoms with Crippen LogP contribution in [0, 0.1) is 71.0 Å². The smallest absolute Gasteiger partial charge is 0.311 e. The molecule has 15 aliphatic rings. The molecular weight excluding hydrogens is 929 g/mol. The summed E-state index contributed by atoms with van der Waals surface area (Å²) in [6.45, 7) is 17.9. The third-order valence-electron chi connectivity index (χ3n) is 20.5. The van der Waals surface area contributed by atoms with Crippen molar-refractivity contribution in [2.24, 2.45) is 71.0 Å². The molecule has 0 radical (unpaired) electrons. The first-order valence-corrected chi connectivity index (χ1v) is 27.0. The lowest BCUT2D eigenvalue weighted by Crippen LogP contribution is -2.70. The van der Waals surface area contributed by atoms with Gasteiger partial charge in [-0.15, -0.1) is 0 Å². The van der Waals surface area contributed by atoms with E-state index in [1.165, 1.54) is 0 Å². The summed E-state index contributed by atoms with van der Waals surface area (Å²) in [5.74, 6) is -6.17. The lowest BCUT2D eigenvalue weighted by atomic mass is 9.58. The molecule has 3 spiro atoms. The molecule has 0 aromatic heterocycles. The largest absolute Gasteiger partial charge is 0.435 e. The van der Waals surface area contributed by atoms with Gasteiger partial charge in [0.05, 0.1) is 24.9 Å². The molecule has 3 aliphatic carbocycles. The second-order valence-corrected chi connectivity index (χ2v) is 25.0. The highest BCUT2D eigenvalue weighted by Crippen LogP contribution is 2.64. The number of aliphatic hydroxyl groups is 1. The van der Waals surface area contributed by atoms with Crippen molar-refractivity contribution in [3.8, 4) is 0 Å². The summed E-state index contributed by atoms with van der Waals surface area (Å²) in [4.78, 5) is 79.9. The maximum atomic E-state index is 14.4. The second kappa shape index (κ2) is 17.2. The molecule has 71 heavy (non-hydrogen) atoms. The van der Waals surface area contributed by atoms with Crippen LogP contribution in [0.5, 0.6) is 0 Å². The Kier molecular flexibility index (Phi) is 12.1. The van der Waals surface area contributed by atoms with Gasteiger partial charge in [-0.2, -0.15) is 0 Å². The molecule has 19 nitrogen and oxygen atoms in total. The topological polar surface area (TPSA) is 210 Å². The molecule has 0 aromatic rings. The first kappa shape index (κ1) is 49.7. The second-order valence-electron chi connectivity index (χ2n) is 25.0. The van der Waals surface area contributed by atoms with Crippen molar-refractivity contribution in [3.63, 3.8) is 0 Å². The molecule has 15 rings (SSSR count). The summed E-state index contributed by atoms with van der Waals surface area (Å²) in [7, 11) is 0. The van der Waals surface area contributed by atoms with Crippen molar-refractivity contribution in [2.45, 2.75) is 236 Å². The van der Waals surface area contributed by atoms with Crippen LogP contribution in [-0.2, 0) is 86.3 Å². The Morgan fingerprint density at radius 3 is 1.00 bits per heavy atom. The molecule has 3 saturated carbocycles. The fourth-order valence-corrected chi connectivity index (χ4v) is 16.5. The molecule has 0 amide bonds. The maximum Gasteiger partial charge on any atom is 0.311 e. The Bertz CT molecular complexity index is 1880. The molecule has 12 saturated heterocycles. The zero-order valence-corrected chi connectivity index (χ0v) is 42.8. The monoisotopic (exact) mass is 1000 g/mol. The van der Waals surface area contributed by atoms with Gasteiger partial charge < -0.3 is 47.7 Å². The molecular formula is C52H76O19. The SMILES string of the molecule is C[C@@H]1CC[C@H]2[C@@H](C)C(OC(=O)CC(O)(CC(=O)OC3O[C@@H]4O[C@]5(C)CC[C@H]6[C@H](C)CC[C@@H]([C@H]3C)[C@@]46OO5)CC(=O)OC3O[C@@H]4O[C@]5(C)CC[C@H]6[C@H](C)CC[C@@H]([C@H]3C)[C@@]46OO5)O[C@@H]3O[C@]4(C)CC[C@@H]1[C@]32OO4. The van der Waals surface area contributed by atoms with E-state index in [0.29, 0.717) is 37.0 Å². The quantitative estimate of drug-likeness (QED) is 0.138. The van der Waals surface area contributed by atoms with Crippen LogP contribution in [0.15, 0.2) is 0 Å². The number of rotatable bonds is 9. The molecule has 15 fully saturated rings. The van der Waals surface area contributed by atoms with E-state index in [-0.39, 0.29) is 53.3 Å². The Hall–Kier alpha value is -2.11. The van der Waals surface area contributed by atoms with Crippen LogP contribution in [0.2, 0.25) is 0 Å². The summed E-state index contributed by atoms with van der Waals surface area (Å²) in [6, 6.07) is 0. The number of carbonyl (C=O) groups excluding carboxylic acids is 3. The predicted molar refractivity (Wildman–Crippen MR) is 238 cm³/mol. The zero-order chi connectivity index (χ0) is 49.8. The highest BCUT2D eigenvalue weighted by Gasteiger charge is 2.73. The van der Waals surface area contributed by atoms with Crippen molar-refractivity contribution in [3.05, 3.63) is 0 Å². The van der Waals surface area contributed by atoms with Crippen LogP contribution >= 0.6 is 0 Å². The number of ether oxygens (including phenoxy) is 9. The van der Waals surface area contributed by atoms with Crippen LogP contribution in [0.1, 0.15) is 159 Å². The molecule has 24 atom stereocenters. The first-order valence-electron chi connectivity index (χ1n) is 27.0. The van der Waals surface area contributed by atoms with E-state index in [1.807, 2.05) is 41.5 Å². The minimum atomic E-state index is -2.36. The van der Waals surface area contributed by atoms with Crippen LogP contribution in [-0.4, -0.2) is 101 Å². The molecule has 12 heterocycles. The van der Waals surface area contributed by atoms with Gasteiger partial charge in [-0.25, -0.2) is 29.3 Å². The molecule has 3 unspecified atom stereocenters. The van der Waals surface area contributed by atoms with Gasteiger partial charge in [0.25, 0.3) is 0 Å². The number of hydrogen-bond donors (Lipinski definition) is 1. The molecule has 1 N–H and O–H groups in total. The molecule has 6 bridgehead atoms. The van der Waals surface area contributed by atoms with E-state index in [4.69, 9.17) is 72.0 Å². The normalized spacial score (nSPS) is 55.2. The Balaban J connectivity index is 0.785. The average molecular weight is 1010 g/mol. The summed E-state index contributed by atoms with van der Waals surface area (Å²) in [6.07, 6.45) is 1.07. The van der Waals surface area contributed by atoms with Gasteiger partial charge in [0.1, 0.15) is 0 Å². The van der Waals surface area contributed by atoms with E-state index >= 15 is 0 Å². The standard InChI is InChI=1S/C52H76O19/c1-25-10-13-34-28(4)40(60-43-50(34)31(25)16-19-46(7,63-43)66-69-50)57-37(53)22-49(56,23-38(54)58-41-29(5)35-14-11-26(2)32-17-20-47(8)64-44(61-41)51(32,35)70-67-47)24-39(55)59-42-30(6)36-15-12-27(3)33-18-21-48(9)65-45(62-42)52(33,36)71-68-48/h25-36,40-45,56H,10-24H2,1-9H3/t25-,26-,27-,28-,29-,30-,31+,32+,33+,34+,35+,36+,40?,41?,42?,43-,44-,45-,46+,47+,48+,49?,50-,51-,52-/m1/s1. The minimum absolute atomic E-state index is 0.0900. The van der Waals surface area contributed by atoms with Crippen molar-refractivity contribution in [1.29, 1.82) is 0 Å². The highest BCUT2D eigenvalue weighted by atomic mass is 17.3. The van der Waals surface area contributed by atoms with Gasteiger partial charge in [0.2, 0.25) is 36.2 Å². The number of carbonyl (C=O) groups is 3. The predicted octanol–water partition coefficient (Wildman–Crippen LogP) is 7.14. The summed E-state index contributed by atoms with van der Waals surface area (Å²) >= 11 is 0. The molecule has 12 aliphatic heterocycles. The first-order chi connectivity index (χ1) is 33.6. The third-order valence-corrected chi connectivity index (χ3v) is 20.5. The average Bonchev–Trinajstić information content (AvgIpc) is 3.79. The van der Waals surface area contributed by atoms with E-state index in [9.17, 15) is 19.5 Å². The zero-order valence-electron chi connectivity index (χ0n) is 42.8. The number of hydrogen-bond acceptors (Lipinski definition) is 19. The van der Waals surface area contributed by atoms with Gasteiger partial charge in [-0.1, -0.05) is 41.5 Å². The molecule has 19 heteroatoms. The van der Waals surface area contributed by atoms with Gasteiger partial charge in [-0.05, 0) is 114 Å². The molecule has 0 aromatic carbocycles. The van der Waals surface area contributed by atoms with Crippen LogP contribution in [0.3, 0.4) is 0 Å². The number of fused-ring (bicyclic) bond motifs is 6. The summed E-state index contributed by atoms with van der Waals surface area (Å²) in [5.41, 5.74) is -5.06. The Labute approximate surface area is 415 Å². The highest BCUT2D eigenvalue weighted by molar-refractivity contribution is 5.79. The van der Waals surface area contributed by atoms with E-state index < -0.39 is 115 Å². The summed E-state index contributed by atoms with van der Waals surface area (Å²) in [5, 5.41) is 12.6. The maximum absolute atomic E-state index is 14.4. The Morgan fingerprint density at radius 1 is 0.437 bits per heavy atom. The fraction of sp³-hybridized carbons (Fsp3) is 0.942. The lowest BCUT2D eigenvalue weighted by molar-refractivity contribution is -0.576. The van der Waals surface area contributed by atoms with E-state index in [2.05, 4.69) is 20.8 Å². The lowest BCUT2D eigenvalue weighted by Gasteiger charge is -2.60. The van der Waals surface area contributed by atoms with Crippen molar-refractivity contribution in [1.82, 2.24) is 0 Å². The van der Waals surface area contributed by atoms with Crippen molar-refractivity contribution >= 4 is 17.9 Å². The van der Waals surface area contributed by atoms with Crippen molar-refractivity contribution < 1.29 is 91.4 Å². The van der Waals surface area contributed by atoms with Gasteiger partial charge in [-0.3, -0.25) is 14.4 Å². The van der Waals surface area contributed by atoms with Gasteiger partial charge in [0.15, 0.2) is 35.7 Å². The van der Waals surface area contributed by atoms with Crippen LogP contribution in [0.25, 0.3) is 0 Å².